The lowest BCUT2D eigenvalue weighted by atomic mass is 10.2. The lowest BCUT2D eigenvalue weighted by Gasteiger charge is -2.32. The van der Waals surface area contributed by atoms with Gasteiger partial charge >= 0.3 is 5.97 Å². The second kappa shape index (κ2) is 4.76. The van der Waals surface area contributed by atoms with Crippen LogP contribution in [0, 0.1) is 0 Å². The van der Waals surface area contributed by atoms with E-state index in [4.69, 9.17) is 4.74 Å². The zero-order valence-electron chi connectivity index (χ0n) is 8.12. The van der Waals surface area contributed by atoms with Gasteiger partial charge in [0.2, 0.25) is 0 Å². The molecule has 0 amide bonds. The fraction of sp³-hybridized carbons (Fsp3) is 0.889. The van der Waals surface area contributed by atoms with Crippen molar-refractivity contribution in [3.05, 3.63) is 0 Å². The van der Waals surface area contributed by atoms with Gasteiger partial charge in [-0.2, -0.15) is 0 Å². The molecule has 0 aromatic heterocycles. The Hall–Kier alpha value is 0.120. The van der Waals surface area contributed by atoms with Gasteiger partial charge in [0.15, 0.2) is 0 Å². The molecule has 1 atom stereocenters. The van der Waals surface area contributed by atoms with Crippen molar-refractivity contribution in [1.29, 1.82) is 0 Å². The Morgan fingerprint density at radius 2 is 2.07 bits per heavy atom. The molecule has 4 nitrogen and oxygen atoms in total. The minimum atomic E-state index is -0.0254. The highest BCUT2D eigenvalue weighted by molar-refractivity contribution is 14.1. The van der Waals surface area contributed by atoms with Crippen molar-refractivity contribution in [2.45, 2.75) is 18.9 Å². The molecule has 0 aliphatic carbocycles. The highest BCUT2D eigenvalue weighted by atomic mass is 127. The smallest absolute Gasteiger partial charge is 0.306 e. The number of piperazine rings is 1. The second-order valence-corrected chi connectivity index (χ2v) is 5.23. The molecule has 80 valence electrons. The summed E-state index contributed by atoms with van der Waals surface area (Å²) in [5, 5.41) is 0. The van der Waals surface area contributed by atoms with Gasteiger partial charge in [0.25, 0.3) is 0 Å². The first-order valence-corrected chi connectivity index (χ1v) is 6.03. The molecule has 2 rings (SSSR count). The highest BCUT2D eigenvalue weighted by Crippen LogP contribution is 2.16. The molecule has 2 fully saturated rings. The molecular formula is C9H15IN2O2. The van der Waals surface area contributed by atoms with E-state index >= 15 is 0 Å². The average Bonchev–Trinajstić information content (AvgIpc) is 2.56. The van der Waals surface area contributed by atoms with Gasteiger partial charge in [0, 0.05) is 62.0 Å². The predicted octanol–water partition coefficient (Wildman–Crippen LogP) is 0.660. The van der Waals surface area contributed by atoms with Crippen molar-refractivity contribution in [3.8, 4) is 0 Å². The summed E-state index contributed by atoms with van der Waals surface area (Å²) in [6.07, 6.45) is 1.67. The molecule has 5 heteroatoms. The van der Waals surface area contributed by atoms with Crippen LogP contribution in [0.1, 0.15) is 12.8 Å². The van der Waals surface area contributed by atoms with Crippen LogP contribution in [0.25, 0.3) is 0 Å². The van der Waals surface area contributed by atoms with Crippen LogP contribution in [0.4, 0.5) is 0 Å². The molecular weight excluding hydrogens is 295 g/mol. The lowest BCUT2D eigenvalue weighted by Crippen LogP contribution is -2.45. The second-order valence-electron chi connectivity index (χ2n) is 3.86. The highest BCUT2D eigenvalue weighted by Gasteiger charge is 2.26. The molecule has 0 radical (unpaired) electrons. The summed E-state index contributed by atoms with van der Waals surface area (Å²) in [6, 6.07) is 0. The number of nitrogens with zero attached hydrogens (tertiary/aromatic N) is 2. The Morgan fingerprint density at radius 3 is 2.64 bits per heavy atom. The molecule has 0 bridgehead atoms. The molecule has 2 aliphatic heterocycles. The first kappa shape index (κ1) is 10.6. The third-order valence-electron chi connectivity index (χ3n) is 2.75. The van der Waals surface area contributed by atoms with E-state index in [9.17, 15) is 4.79 Å². The number of carbonyl (C=O) groups excluding carboxylic acids is 1. The zero-order chi connectivity index (χ0) is 9.97. The SMILES string of the molecule is O=C1CCC(CN2CCN(I)CC2)O1. The van der Waals surface area contributed by atoms with Gasteiger partial charge in [0.1, 0.15) is 6.10 Å². The molecule has 2 aliphatic rings. The maximum absolute atomic E-state index is 10.9. The van der Waals surface area contributed by atoms with Gasteiger partial charge in [-0.3, -0.25) is 9.69 Å². The lowest BCUT2D eigenvalue weighted by molar-refractivity contribution is -0.142. The first-order valence-electron chi connectivity index (χ1n) is 5.06. The van der Waals surface area contributed by atoms with E-state index in [0.29, 0.717) is 6.42 Å². The molecule has 2 heterocycles. The van der Waals surface area contributed by atoms with E-state index in [0.717, 1.165) is 39.1 Å². The topological polar surface area (TPSA) is 32.8 Å². The summed E-state index contributed by atoms with van der Waals surface area (Å²) >= 11 is 2.36. The third-order valence-corrected chi connectivity index (χ3v) is 3.71. The van der Waals surface area contributed by atoms with Crippen LogP contribution in [0.15, 0.2) is 0 Å². The molecule has 0 aromatic carbocycles. The number of halogens is 1. The van der Waals surface area contributed by atoms with Gasteiger partial charge < -0.3 is 4.74 Å². The largest absolute Gasteiger partial charge is 0.461 e. The van der Waals surface area contributed by atoms with Gasteiger partial charge in [-0.15, -0.1) is 0 Å². The maximum Gasteiger partial charge on any atom is 0.306 e. The molecule has 1 unspecified atom stereocenters. The van der Waals surface area contributed by atoms with Crippen LogP contribution < -0.4 is 0 Å². The number of rotatable bonds is 2. The van der Waals surface area contributed by atoms with E-state index in [1.54, 1.807) is 0 Å². The Labute approximate surface area is 98.1 Å². The molecule has 2 saturated heterocycles. The number of cyclic esters (lactones) is 1. The molecule has 0 N–H and O–H groups in total. The van der Waals surface area contributed by atoms with E-state index in [1.165, 1.54) is 0 Å². The summed E-state index contributed by atoms with van der Waals surface area (Å²) in [5.74, 6) is -0.0254. The van der Waals surface area contributed by atoms with Crippen molar-refractivity contribution in [2.24, 2.45) is 0 Å². The van der Waals surface area contributed by atoms with Gasteiger partial charge in [-0.05, 0) is 6.42 Å². The van der Waals surface area contributed by atoms with Crippen LogP contribution in [0.5, 0.6) is 0 Å². The maximum atomic E-state index is 10.9. The Bertz CT molecular complexity index is 217. The van der Waals surface area contributed by atoms with Crippen LogP contribution in [-0.2, 0) is 9.53 Å². The molecule has 0 aromatic rings. The van der Waals surface area contributed by atoms with Crippen molar-refractivity contribution in [3.63, 3.8) is 0 Å². The number of hydrogen-bond donors (Lipinski definition) is 0. The van der Waals surface area contributed by atoms with E-state index in [-0.39, 0.29) is 12.1 Å². The van der Waals surface area contributed by atoms with E-state index in [2.05, 4.69) is 30.9 Å². The summed E-state index contributed by atoms with van der Waals surface area (Å²) in [5.41, 5.74) is 0. The van der Waals surface area contributed by atoms with Gasteiger partial charge in [-0.25, -0.2) is 3.11 Å². The fourth-order valence-electron chi connectivity index (χ4n) is 1.91. The number of hydrogen-bond acceptors (Lipinski definition) is 4. The van der Waals surface area contributed by atoms with Crippen molar-refractivity contribution in [2.75, 3.05) is 32.7 Å². The predicted molar refractivity (Wildman–Crippen MR) is 61.1 cm³/mol. The Balaban J connectivity index is 1.72. The summed E-state index contributed by atoms with van der Waals surface area (Å²) in [7, 11) is 0. The molecule has 14 heavy (non-hydrogen) atoms. The minimum Gasteiger partial charge on any atom is -0.461 e. The van der Waals surface area contributed by atoms with Crippen LogP contribution >= 0.6 is 22.9 Å². The van der Waals surface area contributed by atoms with Crippen LogP contribution in [0.2, 0.25) is 0 Å². The minimum absolute atomic E-state index is 0.0254. The zero-order valence-corrected chi connectivity index (χ0v) is 10.3. The monoisotopic (exact) mass is 310 g/mol. The van der Waals surface area contributed by atoms with Crippen LogP contribution in [0.3, 0.4) is 0 Å². The summed E-state index contributed by atoms with van der Waals surface area (Å²) in [4.78, 5) is 13.3. The Morgan fingerprint density at radius 1 is 1.36 bits per heavy atom. The van der Waals surface area contributed by atoms with Crippen molar-refractivity contribution >= 4 is 28.8 Å². The summed E-state index contributed by atoms with van der Waals surface area (Å²) < 4.78 is 7.50. The van der Waals surface area contributed by atoms with Crippen molar-refractivity contribution in [1.82, 2.24) is 8.01 Å². The summed E-state index contributed by atoms with van der Waals surface area (Å²) in [6.45, 7) is 5.34. The van der Waals surface area contributed by atoms with Gasteiger partial charge in [-0.1, -0.05) is 0 Å². The molecule has 0 saturated carbocycles. The number of ether oxygens (including phenoxy) is 1. The standard InChI is InChI=1S/C9H15IN2O2/c10-12-5-3-11(4-6-12)7-8-1-2-9(13)14-8/h8H,1-7H2. The first-order chi connectivity index (χ1) is 6.74. The van der Waals surface area contributed by atoms with Gasteiger partial charge in [0.05, 0.1) is 0 Å². The quantitative estimate of drug-likeness (QED) is 0.426. The van der Waals surface area contributed by atoms with Crippen LogP contribution in [-0.4, -0.2) is 52.8 Å². The molecule has 0 spiro atoms. The normalized spacial score (nSPS) is 30.6. The Kier molecular flexibility index (Phi) is 3.62. The van der Waals surface area contributed by atoms with E-state index < -0.39 is 0 Å². The fourth-order valence-corrected chi connectivity index (χ4v) is 2.34. The van der Waals surface area contributed by atoms with E-state index in [1.807, 2.05) is 0 Å². The number of esters is 1. The van der Waals surface area contributed by atoms with Crippen molar-refractivity contribution < 1.29 is 9.53 Å². The third kappa shape index (κ3) is 2.80. The average molecular weight is 310 g/mol. The number of carbonyl (C=O) groups is 1.